The molecule has 0 saturated heterocycles. The fraction of sp³-hybridized carbons (Fsp3) is 0.714. The second kappa shape index (κ2) is 6.31. The van der Waals surface area contributed by atoms with Gasteiger partial charge in [0.2, 0.25) is 0 Å². The van der Waals surface area contributed by atoms with Crippen molar-refractivity contribution < 1.29 is 5.11 Å². The summed E-state index contributed by atoms with van der Waals surface area (Å²) in [6, 6.07) is 0. The molecule has 2 N–H and O–H groups in total. The Morgan fingerprint density at radius 3 is 3.23 bits per heavy atom. The maximum absolute atomic E-state index is 9.45. The van der Waals surface area contributed by atoms with Crippen molar-refractivity contribution in [3.63, 3.8) is 0 Å². The van der Waals surface area contributed by atoms with Gasteiger partial charge in [0.25, 0.3) is 0 Å². The highest BCUT2D eigenvalue weighted by atomic mass is 32.2. The van der Waals surface area contributed by atoms with Crippen molar-refractivity contribution in [2.45, 2.75) is 17.4 Å². The number of rotatable bonds is 6. The lowest BCUT2D eigenvalue weighted by Crippen LogP contribution is -2.28. The minimum Gasteiger partial charge on any atom is -0.391 e. The third-order valence-electron chi connectivity index (χ3n) is 1.37. The number of aliphatic hydroxyl groups excluding tert-OH is 1. The van der Waals surface area contributed by atoms with E-state index in [9.17, 15) is 5.11 Å². The molecule has 1 unspecified atom stereocenters. The van der Waals surface area contributed by atoms with Crippen molar-refractivity contribution in [3.8, 4) is 0 Å². The van der Waals surface area contributed by atoms with E-state index in [1.54, 1.807) is 11.8 Å². The van der Waals surface area contributed by atoms with Crippen LogP contribution in [0.15, 0.2) is 10.7 Å². The molecular formula is C7H13N3OS2. The van der Waals surface area contributed by atoms with Gasteiger partial charge in [0.15, 0.2) is 4.34 Å². The van der Waals surface area contributed by atoms with E-state index in [0.717, 1.165) is 10.9 Å². The van der Waals surface area contributed by atoms with Crippen molar-refractivity contribution in [2.24, 2.45) is 0 Å². The zero-order valence-corrected chi connectivity index (χ0v) is 9.07. The van der Waals surface area contributed by atoms with E-state index in [-0.39, 0.29) is 6.10 Å². The topological polar surface area (TPSA) is 58.0 Å². The lowest BCUT2D eigenvalue weighted by molar-refractivity contribution is 0.197. The van der Waals surface area contributed by atoms with Crippen LogP contribution in [0.25, 0.3) is 0 Å². The van der Waals surface area contributed by atoms with Crippen LogP contribution in [-0.4, -0.2) is 39.4 Å². The number of hydrogen-bond donors (Lipinski definition) is 2. The Kier molecular flexibility index (Phi) is 5.29. The molecular weight excluding hydrogens is 206 g/mol. The minimum absolute atomic E-state index is 0.311. The molecule has 0 spiro atoms. The van der Waals surface area contributed by atoms with E-state index >= 15 is 0 Å². The van der Waals surface area contributed by atoms with Crippen LogP contribution in [0.3, 0.4) is 0 Å². The van der Waals surface area contributed by atoms with Crippen molar-refractivity contribution in [2.75, 3.05) is 18.8 Å². The van der Waals surface area contributed by atoms with Gasteiger partial charge in [0.1, 0.15) is 6.33 Å². The standard InChI is InChI=1S/C7H13N3OS2/c1-2-8-3-6(11)4-12-7-9-5-10-13-7/h5-6,8,11H,2-4H2,1H3. The van der Waals surface area contributed by atoms with Crippen LogP contribution in [0.2, 0.25) is 0 Å². The summed E-state index contributed by atoms with van der Waals surface area (Å²) in [5, 5.41) is 12.5. The molecule has 0 bridgehead atoms. The summed E-state index contributed by atoms with van der Waals surface area (Å²) in [6.07, 6.45) is 1.22. The van der Waals surface area contributed by atoms with Crippen LogP contribution in [-0.2, 0) is 0 Å². The molecule has 0 aromatic carbocycles. The van der Waals surface area contributed by atoms with E-state index in [4.69, 9.17) is 0 Å². The summed E-state index contributed by atoms with van der Waals surface area (Å²) in [4.78, 5) is 4.01. The smallest absolute Gasteiger partial charge is 0.169 e. The molecule has 0 aliphatic carbocycles. The predicted molar refractivity (Wildman–Crippen MR) is 55.2 cm³/mol. The maximum atomic E-state index is 9.45. The summed E-state index contributed by atoms with van der Waals surface area (Å²) < 4.78 is 4.79. The molecule has 1 atom stereocenters. The largest absolute Gasteiger partial charge is 0.391 e. The van der Waals surface area contributed by atoms with E-state index in [1.165, 1.54) is 17.9 Å². The molecule has 0 saturated carbocycles. The highest BCUT2D eigenvalue weighted by Crippen LogP contribution is 2.18. The van der Waals surface area contributed by atoms with Crippen molar-refractivity contribution in [3.05, 3.63) is 6.33 Å². The zero-order valence-electron chi connectivity index (χ0n) is 7.43. The fourth-order valence-electron chi connectivity index (χ4n) is 0.764. The molecule has 1 aromatic heterocycles. The van der Waals surface area contributed by atoms with Crippen molar-refractivity contribution in [1.29, 1.82) is 0 Å². The first-order valence-electron chi connectivity index (χ1n) is 4.11. The number of aliphatic hydroxyl groups is 1. The number of hydrogen-bond acceptors (Lipinski definition) is 6. The third kappa shape index (κ3) is 4.56. The van der Waals surface area contributed by atoms with Gasteiger partial charge in [-0.3, -0.25) is 0 Å². The molecule has 6 heteroatoms. The number of thioether (sulfide) groups is 1. The molecule has 0 radical (unpaired) electrons. The van der Waals surface area contributed by atoms with Gasteiger partial charge >= 0.3 is 0 Å². The Hall–Kier alpha value is -0.170. The summed E-state index contributed by atoms with van der Waals surface area (Å²) in [6.45, 7) is 3.55. The molecule has 1 aromatic rings. The van der Waals surface area contributed by atoms with Crippen LogP contribution < -0.4 is 5.32 Å². The first-order chi connectivity index (χ1) is 6.33. The van der Waals surface area contributed by atoms with Gasteiger partial charge in [-0.2, -0.15) is 4.37 Å². The van der Waals surface area contributed by atoms with Gasteiger partial charge in [-0.1, -0.05) is 18.7 Å². The third-order valence-corrected chi connectivity index (χ3v) is 3.31. The van der Waals surface area contributed by atoms with Crippen molar-refractivity contribution in [1.82, 2.24) is 14.7 Å². The van der Waals surface area contributed by atoms with Crippen molar-refractivity contribution >= 4 is 23.3 Å². The van der Waals surface area contributed by atoms with Gasteiger partial charge < -0.3 is 10.4 Å². The predicted octanol–water partition coefficient (Wildman–Crippen LogP) is 0.601. The van der Waals surface area contributed by atoms with E-state index < -0.39 is 0 Å². The van der Waals surface area contributed by atoms with E-state index in [2.05, 4.69) is 14.7 Å². The van der Waals surface area contributed by atoms with Gasteiger partial charge in [-0.25, -0.2) is 4.98 Å². The second-order valence-electron chi connectivity index (χ2n) is 2.48. The van der Waals surface area contributed by atoms with Gasteiger partial charge in [-0.05, 0) is 18.1 Å². The molecule has 0 aliphatic heterocycles. The fourth-order valence-corrected chi connectivity index (χ4v) is 2.16. The zero-order chi connectivity index (χ0) is 9.52. The summed E-state index contributed by atoms with van der Waals surface area (Å²) >= 11 is 2.90. The van der Waals surface area contributed by atoms with Crippen LogP contribution >= 0.6 is 23.3 Å². The Morgan fingerprint density at radius 1 is 1.77 bits per heavy atom. The highest BCUT2D eigenvalue weighted by molar-refractivity contribution is 8.00. The van der Waals surface area contributed by atoms with Gasteiger partial charge in [-0.15, -0.1) is 0 Å². The van der Waals surface area contributed by atoms with Gasteiger partial charge in [0.05, 0.1) is 6.10 Å². The van der Waals surface area contributed by atoms with E-state index in [0.29, 0.717) is 12.3 Å². The first kappa shape index (κ1) is 10.9. The van der Waals surface area contributed by atoms with E-state index in [1.807, 2.05) is 6.92 Å². The quantitative estimate of drug-likeness (QED) is 0.686. The average molecular weight is 219 g/mol. The number of nitrogens with one attached hydrogen (secondary N) is 1. The second-order valence-corrected chi connectivity index (χ2v) is 4.53. The lowest BCUT2D eigenvalue weighted by atomic mass is 10.4. The highest BCUT2D eigenvalue weighted by Gasteiger charge is 2.05. The summed E-state index contributed by atoms with van der Waals surface area (Å²) in [5.74, 6) is 0.669. The molecule has 4 nitrogen and oxygen atoms in total. The maximum Gasteiger partial charge on any atom is 0.169 e. The first-order valence-corrected chi connectivity index (χ1v) is 5.87. The molecule has 0 aliphatic rings. The van der Waals surface area contributed by atoms with Gasteiger partial charge in [0, 0.05) is 12.3 Å². The monoisotopic (exact) mass is 219 g/mol. The Balaban J connectivity index is 2.11. The number of aromatic nitrogens is 2. The minimum atomic E-state index is -0.311. The van der Waals surface area contributed by atoms with Crippen LogP contribution in [0, 0.1) is 0 Å². The lowest BCUT2D eigenvalue weighted by Gasteiger charge is -2.08. The van der Waals surface area contributed by atoms with Crippen LogP contribution in [0.1, 0.15) is 6.92 Å². The SMILES string of the molecule is CCNCC(O)CSc1ncns1. The Labute approximate surface area is 85.9 Å². The molecule has 1 rings (SSSR count). The van der Waals surface area contributed by atoms with Crippen LogP contribution in [0.5, 0.6) is 0 Å². The Morgan fingerprint density at radius 2 is 2.62 bits per heavy atom. The molecule has 0 amide bonds. The Bertz CT molecular complexity index is 218. The molecule has 13 heavy (non-hydrogen) atoms. The number of likely N-dealkylation sites (N-methyl/N-ethyl adjacent to an activating group) is 1. The normalized spacial score (nSPS) is 13.1. The molecule has 0 fully saturated rings. The van der Waals surface area contributed by atoms with Crippen LogP contribution in [0.4, 0.5) is 0 Å². The number of nitrogens with zero attached hydrogens (tertiary/aromatic N) is 2. The molecule has 1 heterocycles. The summed E-state index contributed by atoms with van der Waals surface area (Å²) in [5.41, 5.74) is 0. The summed E-state index contributed by atoms with van der Waals surface area (Å²) in [7, 11) is 0. The average Bonchev–Trinajstić information content (AvgIpc) is 2.64. The molecule has 74 valence electrons.